The molecule has 0 radical (unpaired) electrons. The van der Waals surface area contributed by atoms with Crippen molar-refractivity contribution in [1.29, 1.82) is 0 Å². The van der Waals surface area contributed by atoms with Crippen molar-refractivity contribution in [2.24, 2.45) is 0 Å². The fourth-order valence-electron chi connectivity index (χ4n) is 2.04. The molecule has 0 aliphatic heterocycles. The molecule has 1 atom stereocenters. The zero-order valence-electron chi connectivity index (χ0n) is 11.2. The van der Waals surface area contributed by atoms with Crippen LogP contribution in [0.2, 0.25) is 5.02 Å². The Balaban J connectivity index is 2.32. The van der Waals surface area contributed by atoms with Crippen molar-refractivity contribution in [2.75, 3.05) is 0 Å². The maximum Gasteiger partial charge on any atom is 0.111 e. The smallest absolute Gasteiger partial charge is 0.111 e. The summed E-state index contributed by atoms with van der Waals surface area (Å²) in [5.41, 5.74) is 0.778. The van der Waals surface area contributed by atoms with Crippen LogP contribution in [0.4, 0.5) is 0 Å². The summed E-state index contributed by atoms with van der Waals surface area (Å²) in [6, 6.07) is 17.1. The van der Waals surface area contributed by atoms with Crippen LogP contribution in [0.25, 0.3) is 6.08 Å². The fourth-order valence-corrected chi connectivity index (χ4v) is 2.16. The normalized spacial score (nSPS) is 14.1. The van der Waals surface area contributed by atoms with E-state index in [4.69, 9.17) is 11.6 Å². The van der Waals surface area contributed by atoms with Crippen LogP contribution in [-0.2, 0) is 5.60 Å². The predicted molar refractivity (Wildman–Crippen MR) is 85.6 cm³/mol. The monoisotopic (exact) mass is 284 g/mol. The molecule has 0 amide bonds. The molecule has 102 valence electrons. The van der Waals surface area contributed by atoms with E-state index in [1.807, 2.05) is 48.5 Å². The Hall–Kier alpha value is -1.83. The lowest BCUT2D eigenvalue weighted by molar-refractivity contribution is 0.0938. The van der Waals surface area contributed by atoms with Gasteiger partial charge in [-0.25, -0.2) is 0 Å². The predicted octanol–water partition coefficient (Wildman–Crippen LogP) is 4.82. The maximum atomic E-state index is 10.8. The van der Waals surface area contributed by atoms with Gasteiger partial charge < -0.3 is 5.11 Å². The van der Waals surface area contributed by atoms with Crippen LogP contribution >= 0.6 is 11.6 Å². The van der Waals surface area contributed by atoms with Gasteiger partial charge >= 0.3 is 0 Å². The molecule has 0 saturated carbocycles. The molecular formula is C18H17ClO. The lowest BCUT2D eigenvalue weighted by atomic mass is 9.89. The van der Waals surface area contributed by atoms with Crippen LogP contribution in [0.3, 0.4) is 0 Å². The number of halogens is 1. The first-order chi connectivity index (χ1) is 9.64. The summed E-state index contributed by atoms with van der Waals surface area (Å²) in [6.45, 7) is 3.72. The minimum absolute atomic E-state index is 0.442. The third-order valence-corrected chi connectivity index (χ3v) is 3.40. The molecule has 2 aromatic carbocycles. The van der Waals surface area contributed by atoms with Crippen molar-refractivity contribution >= 4 is 17.7 Å². The zero-order chi connectivity index (χ0) is 14.4. The standard InChI is InChI=1S/C18H17ClO/c1-2-13-18(20,16-8-10-17(19)11-9-16)14-12-15-6-4-3-5-7-15/h2-12,14,20H,1,13H2/b14-12+/t18-/m1/s1. The summed E-state index contributed by atoms with van der Waals surface area (Å²) in [5, 5.41) is 11.5. The van der Waals surface area contributed by atoms with Crippen molar-refractivity contribution in [2.45, 2.75) is 12.0 Å². The van der Waals surface area contributed by atoms with Crippen molar-refractivity contribution < 1.29 is 5.11 Å². The molecule has 0 aromatic heterocycles. The average molecular weight is 285 g/mol. The Bertz CT molecular complexity index is 587. The Morgan fingerprint density at radius 2 is 1.70 bits per heavy atom. The summed E-state index contributed by atoms with van der Waals surface area (Å²) in [7, 11) is 0. The molecule has 0 aliphatic carbocycles. The van der Waals surface area contributed by atoms with Crippen molar-refractivity contribution in [3.8, 4) is 0 Å². The first-order valence-electron chi connectivity index (χ1n) is 6.48. The van der Waals surface area contributed by atoms with E-state index >= 15 is 0 Å². The molecule has 0 bridgehead atoms. The quantitative estimate of drug-likeness (QED) is 0.781. The van der Waals surface area contributed by atoms with E-state index in [-0.39, 0.29) is 0 Å². The first-order valence-corrected chi connectivity index (χ1v) is 6.85. The van der Waals surface area contributed by atoms with Crippen LogP contribution in [0.1, 0.15) is 17.5 Å². The number of hydrogen-bond donors (Lipinski definition) is 1. The minimum atomic E-state index is -1.07. The molecule has 0 spiro atoms. The lowest BCUT2D eigenvalue weighted by Crippen LogP contribution is -2.21. The molecule has 0 saturated heterocycles. The van der Waals surface area contributed by atoms with Gasteiger partial charge in [-0.05, 0) is 29.3 Å². The first kappa shape index (κ1) is 14.6. The second kappa shape index (κ2) is 6.56. The van der Waals surface area contributed by atoms with E-state index in [9.17, 15) is 5.11 Å². The van der Waals surface area contributed by atoms with Crippen LogP contribution in [0.5, 0.6) is 0 Å². The molecule has 0 heterocycles. The highest BCUT2D eigenvalue weighted by Crippen LogP contribution is 2.29. The van der Waals surface area contributed by atoms with Gasteiger partial charge in [-0.2, -0.15) is 0 Å². The molecule has 2 aromatic rings. The Morgan fingerprint density at radius 3 is 2.30 bits per heavy atom. The van der Waals surface area contributed by atoms with Gasteiger partial charge in [0.1, 0.15) is 5.60 Å². The van der Waals surface area contributed by atoms with Crippen LogP contribution < -0.4 is 0 Å². The molecule has 0 unspecified atom stereocenters. The molecule has 0 fully saturated rings. The molecular weight excluding hydrogens is 268 g/mol. The van der Waals surface area contributed by atoms with Gasteiger partial charge in [0.05, 0.1) is 0 Å². The van der Waals surface area contributed by atoms with E-state index in [1.54, 1.807) is 24.3 Å². The summed E-state index contributed by atoms with van der Waals surface area (Å²) in [6.07, 6.45) is 5.87. The van der Waals surface area contributed by atoms with Crippen LogP contribution in [-0.4, -0.2) is 5.11 Å². The number of benzene rings is 2. The number of aliphatic hydroxyl groups is 1. The lowest BCUT2D eigenvalue weighted by Gasteiger charge is -2.24. The third-order valence-electron chi connectivity index (χ3n) is 3.15. The summed E-state index contributed by atoms with van der Waals surface area (Å²) in [4.78, 5) is 0. The van der Waals surface area contributed by atoms with E-state index in [0.29, 0.717) is 11.4 Å². The van der Waals surface area contributed by atoms with E-state index in [1.165, 1.54) is 0 Å². The molecule has 2 heteroatoms. The Morgan fingerprint density at radius 1 is 1.05 bits per heavy atom. The highest BCUT2D eigenvalue weighted by molar-refractivity contribution is 6.30. The van der Waals surface area contributed by atoms with Crippen molar-refractivity contribution in [3.05, 3.63) is 89.5 Å². The molecule has 1 N–H and O–H groups in total. The second-order valence-corrected chi connectivity index (χ2v) is 5.10. The fraction of sp³-hybridized carbons (Fsp3) is 0.111. The van der Waals surface area contributed by atoms with Gasteiger partial charge in [-0.1, -0.05) is 66.2 Å². The second-order valence-electron chi connectivity index (χ2n) is 4.67. The summed E-state index contributed by atoms with van der Waals surface area (Å²) in [5.74, 6) is 0. The van der Waals surface area contributed by atoms with Crippen molar-refractivity contribution in [3.63, 3.8) is 0 Å². The minimum Gasteiger partial charge on any atom is -0.381 e. The Kier molecular flexibility index (Phi) is 4.78. The number of hydrogen-bond acceptors (Lipinski definition) is 1. The van der Waals surface area contributed by atoms with E-state index in [0.717, 1.165) is 11.1 Å². The zero-order valence-corrected chi connectivity index (χ0v) is 11.9. The molecule has 20 heavy (non-hydrogen) atoms. The molecule has 1 nitrogen and oxygen atoms in total. The van der Waals surface area contributed by atoms with Gasteiger partial charge in [0, 0.05) is 11.4 Å². The molecule has 2 rings (SSSR count). The van der Waals surface area contributed by atoms with Gasteiger partial charge in [0.15, 0.2) is 0 Å². The van der Waals surface area contributed by atoms with E-state index < -0.39 is 5.60 Å². The summed E-state index contributed by atoms with van der Waals surface area (Å²) >= 11 is 5.89. The van der Waals surface area contributed by atoms with Gasteiger partial charge in [0.2, 0.25) is 0 Å². The van der Waals surface area contributed by atoms with Crippen molar-refractivity contribution in [1.82, 2.24) is 0 Å². The van der Waals surface area contributed by atoms with Gasteiger partial charge in [-0.15, -0.1) is 6.58 Å². The summed E-state index contributed by atoms with van der Waals surface area (Å²) < 4.78 is 0. The highest BCUT2D eigenvalue weighted by atomic mass is 35.5. The maximum absolute atomic E-state index is 10.8. The van der Waals surface area contributed by atoms with E-state index in [2.05, 4.69) is 6.58 Å². The van der Waals surface area contributed by atoms with Gasteiger partial charge in [-0.3, -0.25) is 0 Å². The third kappa shape index (κ3) is 3.60. The molecule has 0 aliphatic rings. The topological polar surface area (TPSA) is 20.2 Å². The Labute approximate surface area is 124 Å². The van der Waals surface area contributed by atoms with Crippen LogP contribution in [0.15, 0.2) is 73.3 Å². The largest absolute Gasteiger partial charge is 0.381 e. The highest BCUT2D eigenvalue weighted by Gasteiger charge is 2.24. The van der Waals surface area contributed by atoms with Crippen LogP contribution in [0, 0.1) is 0 Å². The van der Waals surface area contributed by atoms with Gasteiger partial charge in [0.25, 0.3) is 0 Å². The SMILES string of the molecule is C=CC[C@@](O)(/C=C/c1ccccc1)c1ccc(Cl)cc1. The number of rotatable bonds is 5. The average Bonchev–Trinajstić information content (AvgIpc) is 2.47.